The van der Waals surface area contributed by atoms with Gasteiger partial charge < -0.3 is 14.8 Å². The van der Waals surface area contributed by atoms with Gasteiger partial charge in [0.15, 0.2) is 0 Å². The molecule has 104 valence electrons. The van der Waals surface area contributed by atoms with Gasteiger partial charge in [-0.2, -0.15) is 0 Å². The largest absolute Gasteiger partial charge is 0.497 e. The lowest BCUT2D eigenvalue weighted by atomic mass is 10.0. The van der Waals surface area contributed by atoms with Crippen LogP contribution in [0.4, 0.5) is 5.69 Å². The predicted molar refractivity (Wildman–Crippen MR) is 74.8 cm³/mol. The number of anilines is 1. The van der Waals surface area contributed by atoms with Gasteiger partial charge in [-0.25, -0.2) is 0 Å². The molecule has 0 radical (unpaired) electrons. The van der Waals surface area contributed by atoms with Gasteiger partial charge in [-0.1, -0.05) is 12.8 Å². The Balaban J connectivity index is 1.99. The summed E-state index contributed by atoms with van der Waals surface area (Å²) in [4.78, 5) is 12.0. The van der Waals surface area contributed by atoms with E-state index in [9.17, 15) is 4.79 Å². The van der Waals surface area contributed by atoms with E-state index in [4.69, 9.17) is 9.47 Å². The van der Waals surface area contributed by atoms with Gasteiger partial charge in [0, 0.05) is 12.5 Å². The van der Waals surface area contributed by atoms with E-state index in [-0.39, 0.29) is 5.91 Å². The van der Waals surface area contributed by atoms with E-state index in [1.165, 1.54) is 25.7 Å². The molecule has 1 saturated carbocycles. The zero-order chi connectivity index (χ0) is 13.7. The van der Waals surface area contributed by atoms with Gasteiger partial charge in [0.2, 0.25) is 5.91 Å². The van der Waals surface area contributed by atoms with Crippen molar-refractivity contribution in [2.45, 2.75) is 32.1 Å². The second-order valence-corrected chi connectivity index (χ2v) is 4.97. The highest BCUT2D eigenvalue weighted by Gasteiger charge is 2.19. The fourth-order valence-electron chi connectivity index (χ4n) is 2.58. The maximum Gasteiger partial charge on any atom is 0.224 e. The number of nitrogens with one attached hydrogen (secondary N) is 1. The van der Waals surface area contributed by atoms with Crippen LogP contribution in [-0.2, 0) is 4.79 Å². The van der Waals surface area contributed by atoms with Crippen molar-refractivity contribution < 1.29 is 14.3 Å². The van der Waals surface area contributed by atoms with Gasteiger partial charge in [0.25, 0.3) is 0 Å². The van der Waals surface area contributed by atoms with Crippen LogP contribution in [0.3, 0.4) is 0 Å². The zero-order valence-corrected chi connectivity index (χ0v) is 11.6. The third-order valence-corrected chi connectivity index (χ3v) is 3.63. The summed E-state index contributed by atoms with van der Waals surface area (Å²) in [6, 6.07) is 5.39. The van der Waals surface area contributed by atoms with E-state index in [1.54, 1.807) is 20.3 Å². The molecule has 1 amide bonds. The van der Waals surface area contributed by atoms with Gasteiger partial charge >= 0.3 is 0 Å². The number of carbonyl (C=O) groups excluding carboxylic acids is 1. The third kappa shape index (κ3) is 3.63. The minimum absolute atomic E-state index is 0.0652. The predicted octanol–water partition coefficient (Wildman–Crippen LogP) is 3.22. The van der Waals surface area contributed by atoms with Gasteiger partial charge in [-0.15, -0.1) is 0 Å². The van der Waals surface area contributed by atoms with Crippen LogP contribution in [0.15, 0.2) is 18.2 Å². The van der Waals surface area contributed by atoms with Crippen molar-refractivity contribution in [1.29, 1.82) is 0 Å². The van der Waals surface area contributed by atoms with Gasteiger partial charge in [0.05, 0.1) is 19.9 Å². The molecule has 1 aromatic rings. The normalized spacial score (nSPS) is 15.3. The Morgan fingerprint density at radius 2 is 2.00 bits per heavy atom. The summed E-state index contributed by atoms with van der Waals surface area (Å²) in [5.41, 5.74) is 0.700. The summed E-state index contributed by atoms with van der Waals surface area (Å²) < 4.78 is 10.4. The van der Waals surface area contributed by atoms with Crippen molar-refractivity contribution in [1.82, 2.24) is 0 Å². The lowest BCUT2D eigenvalue weighted by molar-refractivity contribution is -0.117. The average Bonchev–Trinajstić information content (AvgIpc) is 2.91. The van der Waals surface area contributed by atoms with Crippen LogP contribution < -0.4 is 14.8 Å². The highest BCUT2D eigenvalue weighted by atomic mass is 16.5. The molecule has 1 fully saturated rings. The Bertz CT molecular complexity index is 439. The molecule has 1 aromatic carbocycles. The molecule has 1 aliphatic rings. The van der Waals surface area contributed by atoms with Crippen molar-refractivity contribution in [3.05, 3.63) is 18.2 Å². The van der Waals surface area contributed by atoms with Crippen molar-refractivity contribution in [2.24, 2.45) is 5.92 Å². The van der Waals surface area contributed by atoms with Crippen LogP contribution >= 0.6 is 0 Å². The van der Waals surface area contributed by atoms with Crippen LogP contribution in [0, 0.1) is 5.92 Å². The van der Waals surface area contributed by atoms with Gasteiger partial charge in [-0.05, 0) is 30.9 Å². The number of rotatable bonds is 5. The number of methoxy groups -OCH3 is 2. The quantitative estimate of drug-likeness (QED) is 0.887. The molecule has 0 spiro atoms. The molecule has 2 rings (SSSR count). The molecule has 0 saturated heterocycles. The molecule has 0 heterocycles. The van der Waals surface area contributed by atoms with Crippen LogP contribution in [0.5, 0.6) is 11.5 Å². The highest BCUT2D eigenvalue weighted by molar-refractivity contribution is 5.92. The lowest BCUT2D eigenvalue weighted by Gasteiger charge is -2.13. The van der Waals surface area contributed by atoms with Crippen molar-refractivity contribution in [2.75, 3.05) is 19.5 Å². The summed E-state index contributed by atoms with van der Waals surface area (Å²) in [7, 11) is 3.19. The van der Waals surface area contributed by atoms with Gasteiger partial charge in [-0.3, -0.25) is 4.79 Å². The number of hydrogen-bond acceptors (Lipinski definition) is 3. The Labute approximate surface area is 114 Å². The van der Waals surface area contributed by atoms with Crippen molar-refractivity contribution in [3.8, 4) is 11.5 Å². The van der Waals surface area contributed by atoms with E-state index in [0.29, 0.717) is 29.5 Å². The molecule has 0 bridgehead atoms. The van der Waals surface area contributed by atoms with E-state index < -0.39 is 0 Å². The Hall–Kier alpha value is -1.71. The summed E-state index contributed by atoms with van der Waals surface area (Å²) in [5, 5.41) is 2.92. The second-order valence-electron chi connectivity index (χ2n) is 4.97. The Morgan fingerprint density at radius 3 is 2.63 bits per heavy atom. The Kier molecular flexibility index (Phi) is 4.66. The minimum atomic E-state index is 0.0652. The molecule has 4 heteroatoms. The second kappa shape index (κ2) is 6.45. The van der Waals surface area contributed by atoms with Crippen molar-refractivity contribution >= 4 is 11.6 Å². The van der Waals surface area contributed by atoms with Crippen LogP contribution in [0.25, 0.3) is 0 Å². The maximum atomic E-state index is 12.0. The first kappa shape index (κ1) is 13.7. The summed E-state index contributed by atoms with van der Waals surface area (Å²) in [6.45, 7) is 0. The SMILES string of the molecule is COc1ccc(NC(=O)CC2CCCC2)c(OC)c1. The summed E-state index contributed by atoms with van der Waals surface area (Å²) in [6.07, 6.45) is 5.46. The van der Waals surface area contributed by atoms with Crippen molar-refractivity contribution in [3.63, 3.8) is 0 Å². The molecule has 0 unspecified atom stereocenters. The summed E-state index contributed by atoms with van der Waals surface area (Å²) in [5.74, 6) is 1.95. The molecule has 19 heavy (non-hydrogen) atoms. The van der Waals surface area contributed by atoms with Gasteiger partial charge in [0.1, 0.15) is 11.5 Å². The molecule has 1 N–H and O–H groups in total. The number of hydrogen-bond donors (Lipinski definition) is 1. The first-order valence-electron chi connectivity index (χ1n) is 6.75. The molecule has 0 atom stereocenters. The van der Waals surface area contributed by atoms with Crippen LogP contribution in [0.1, 0.15) is 32.1 Å². The van der Waals surface area contributed by atoms with E-state index in [2.05, 4.69) is 5.32 Å². The topological polar surface area (TPSA) is 47.6 Å². The smallest absolute Gasteiger partial charge is 0.224 e. The molecule has 0 aromatic heterocycles. The number of carbonyl (C=O) groups is 1. The fourth-order valence-corrected chi connectivity index (χ4v) is 2.58. The first-order valence-corrected chi connectivity index (χ1v) is 6.75. The average molecular weight is 263 g/mol. The number of benzene rings is 1. The van der Waals surface area contributed by atoms with Crippen LogP contribution in [-0.4, -0.2) is 20.1 Å². The maximum absolute atomic E-state index is 12.0. The van der Waals surface area contributed by atoms with E-state index >= 15 is 0 Å². The monoisotopic (exact) mass is 263 g/mol. The fraction of sp³-hybridized carbons (Fsp3) is 0.533. The molecular weight excluding hydrogens is 242 g/mol. The highest BCUT2D eigenvalue weighted by Crippen LogP contribution is 2.31. The third-order valence-electron chi connectivity index (χ3n) is 3.63. The Morgan fingerprint density at radius 1 is 1.26 bits per heavy atom. The molecular formula is C15H21NO3. The number of ether oxygens (including phenoxy) is 2. The van der Waals surface area contributed by atoms with E-state index in [1.807, 2.05) is 12.1 Å². The minimum Gasteiger partial charge on any atom is -0.497 e. The standard InChI is InChI=1S/C15H21NO3/c1-18-12-7-8-13(14(10-12)19-2)16-15(17)9-11-5-3-4-6-11/h7-8,10-11H,3-6,9H2,1-2H3,(H,16,17). The molecule has 4 nitrogen and oxygen atoms in total. The first-order chi connectivity index (χ1) is 9.22. The van der Waals surface area contributed by atoms with E-state index in [0.717, 1.165) is 0 Å². The lowest BCUT2D eigenvalue weighted by Crippen LogP contribution is -2.15. The number of amides is 1. The molecule has 0 aliphatic heterocycles. The zero-order valence-electron chi connectivity index (χ0n) is 11.6. The summed E-state index contributed by atoms with van der Waals surface area (Å²) >= 11 is 0. The molecule has 1 aliphatic carbocycles. The van der Waals surface area contributed by atoms with Crippen LogP contribution in [0.2, 0.25) is 0 Å².